The van der Waals surface area contributed by atoms with Crippen LogP contribution < -0.4 is 0 Å². The number of carbonyl (C=O) groups excluding carboxylic acids is 2. The Morgan fingerprint density at radius 3 is 1.90 bits per heavy atom. The normalized spacial score (nSPS) is 12.7. The third-order valence-corrected chi connectivity index (χ3v) is 2.59. The van der Waals surface area contributed by atoms with Crippen LogP contribution in [0, 0.1) is 0 Å². The van der Waals surface area contributed by atoms with E-state index < -0.39 is 48.7 Å². The summed E-state index contributed by atoms with van der Waals surface area (Å²) in [6.45, 7) is 2.25. The van der Waals surface area contributed by atoms with Crippen molar-refractivity contribution in [3.8, 4) is 0 Å². The van der Waals surface area contributed by atoms with Crippen molar-refractivity contribution in [1.29, 1.82) is 0 Å². The first-order valence-corrected chi connectivity index (χ1v) is 5.80. The molecule has 0 N–H and O–H groups in total. The Hall–Kier alpha value is -1.39. The maximum atomic E-state index is 12.6. The van der Waals surface area contributed by atoms with Crippen molar-refractivity contribution in [1.82, 2.24) is 0 Å². The largest absolute Gasteiger partial charge is 0.462 e. The predicted octanol–water partition coefficient (Wildman–Crippen LogP) is 2.44. The van der Waals surface area contributed by atoms with E-state index in [2.05, 4.69) is 28.7 Å². The maximum Gasteiger partial charge on any atom is 0.438 e. The van der Waals surface area contributed by atoms with Crippen molar-refractivity contribution < 1.29 is 45.4 Å². The molecule has 0 aliphatic carbocycles. The first kappa shape index (κ1) is 19.6. The summed E-state index contributed by atoms with van der Waals surface area (Å²) in [7, 11) is 0. The first-order chi connectivity index (χ1) is 9.41. The zero-order chi connectivity index (χ0) is 16.9. The van der Waals surface area contributed by atoms with Gasteiger partial charge in [-0.2, -0.15) is 39.0 Å². The molecule has 0 aliphatic heterocycles. The van der Waals surface area contributed by atoms with Crippen molar-refractivity contribution in [2.24, 2.45) is 0 Å². The van der Waals surface area contributed by atoms with Crippen LogP contribution in [0.3, 0.4) is 0 Å². The monoisotopic (exact) mass is 340 g/mol. The fourth-order valence-electron chi connectivity index (χ4n) is 1.03. The van der Waals surface area contributed by atoms with Crippen LogP contribution in [0.5, 0.6) is 0 Å². The van der Waals surface area contributed by atoms with Crippen molar-refractivity contribution in [2.75, 3.05) is 12.4 Å². The number of hydrogen-bond donors (Lipinski definition) is 1. The number of ether oxygens (including phenoxy) is 2. The molecule has 0 amide bonds. The van der Waals surface area contributed by atoms with E-state index in [1.807, 2.05) is 0 Å². The highest BCUT2D eigenvalue weighted by atomic mass is 32.1. The van der Waals surface area contributed by atoms with Crippen molar-refractivity contribution in [2.45, 2.75) is 24.4 Å². The number of carbonyl (C=O) groups is 2. The average Bonchev–Trinajstić information content (AvgIpc) is 2.32. The Kier molecular flexibility index (Phi) is 6.58. The molecule has 0 rings (SSSR count). The molecule has 4 nitrogen and oxygen atoms in total. The van der Waals surface area contributed by atoms with Gasteiger partial charge in [0.05, 0.1) is 6.42 Å². The minimum atomic E-state index is -5.90. The summed E-state index contributed by atoms with van der Waals surface area (Å²) in [5.74, 6) is -4.66. The van der Waals surface area contributed by atoms with Gasteiger partial charge in [-0.1, -0.05) is 6.58 Å². The summed E-state index contributed by atoms with van der Waals surface area (Å²) in [6.07, 6.45) is -12.1. The lowest BCUT2D eigenvalue weighted by Crippen LogP contribution is -2.61. The van der Waals surface area contributed by atoms with Crippen molar-refractivity contribution >= 4 is 24.6 Å². The van der Waals surface area contributed by atoms with E-state index in [0.717, 1.165) is 0 Å². The minimum absolute atomic E-state index is 0.703. The van der Waals surface area contributed by atoms with Gasteiger partial charge in [-0.15, -0.1) is 0 Å². The maximum absolute atomic E-state index is 12.6. The second kappa shape index (κ2) is 7.05. The molecule has 0 atom stereocenters. The summed E-state index contributed by atoms with van der Waals surface area (Å²) in [4.78, 5) is 21.7. The van der Waals surface area contributed by atoms with Crippen LogP contribution in [0.2, 0.25) is 0 Å². The lowest BCUT2D eigenvalue weighted by Gasteiger charge is -2.35. The molecular weight excluding hydrogens is 330 g/mol. The Balaban J connectivity index is 4.96. The van der Waals surface area contributed by atoms with Crippen molar-refractivity contribution in [3.05, 3.63) is 12.7 Å². The van der Waals surface area contributed by atoms with Crippen molar-refractivity contribution in [3.63, 3.8) is 0 Å². The van der Waals surface area contributed by atoms with E-state index >= 15 is 0 Å². The summed E-state index contributed by atoms with van der Waals surface area (Å²) in [6, 6.07) is 0. The number of alkyl halides is 6. The molecule has 0 spiro atoms. The number of rotatable bonds is 6. The molecule has 0 fully saturated rings. The highest BCUT2D eigenvalue weighted by molar-refractivity contribution is 7.80. The smallest absolute Gasteiger partial charge is 0.438 e. The Bertz CT molecular complexity index is 389. The second-order valence-electron chi connectivity index (χ2n) is 3.58. The lowest BCUT2D eigenvalue weighted by molar-refractivity contribution is -0.360. The summed E-state index contributed by atoms with van der Waals surface area (Å²) >= 11 is 2.99. The topological polar surface area (TPSA) is 52.6 Å². The predicted molar refractivity (Wildman–Crippen MR) is 60.6 cm³/mol. The van der Waals surface area contributed by atoms with E-state index in [-0.39, 0.29) is 0 Å². The fraction of sp³-hybridized carbons (Fsp3) is 0.600. The summed E-state index contributed by atoms with van der Waals surface area (Å²) in [5.41, 5.74) is -4.72. The van der Waals surface area contributed by atoms with Crippen LogP contribution >= 0.6 is 12.6 Å². The number of hydrogen-bond acceptors (Lipinski definition) is 5. The minimum Gasteiger partial charge on any atom is -0.462 e. The molecule has 21 heavy (non-hydrogen) atoms. The molecule has 0 heterocycles. The zero-order valence-corrected chi connectivity index (χ0v) is 11.1. The molecule has 0 bridgehead atoms. The third kappa shape index (κ3) is 4.83. The molecule has 122 valence electrons. The van der Waals surface area contributed by atoms with Gasteiger partial charge in [0.15, 0.2) is 0 Å². The molecule has 0 aliphatic rings. The van der Waals surface area contributed by atoms with Crippen LogP contribution in [-0.2, 0) is 19.1 Å². The molecular formula is C10H10F6O4S. The number of halogens is 6. The first-order valence-electron chi connectivity index (χ1n) is 5.16. The zero-order valence-electron chi connectivity index (χ0n) is 10.3. The van der Waals surface area contributed by atoms with Crippen LogP contribution in [0.4, 0.5) is 26.3 Å². The van der Waals surface area contributed by atoms with E-state index in [4.69, 9.17) is 0 Å². The Morgan fingerprint density at radius 2 is 1.57 bits per heavy atom. The molecule has 0 aromatic heterocycles. The quantitative estimate of drug-likeness (QED) is 0.349. The van der Waals surface area contributed by atoms with E-state index in [9.17, 15) is 35.9 Å². The molecule has 0 unspecified atom stereocenters. The van der Waals surface area contributed by atoms with Gasteiger partial charge in [-0.3, -0.25) is 4.79 Å². The lowest BCUT2D eigenvalue weighted by atomic mass is 10.1. The summed E-state index contributed by atoms with van der Waals surface area (Å²) < 4.78 is 83.3. The molecule has 0 aromatic rings. The standard InChI is InChI=1S/C10H10F6O4S/c1-2-6(17)19-4-3-7(18)20-8(5-21,9(11,12)13)10(14,15)16/h2,21H,1,3-5H2. The molecule has 0 radical (unpaired) electrons. The highest BCUT2D eigenvalue weighted by Crippen LogP contribution is 2.46. The van der Waals surface area contributed by atoms with Gasteiger partial charge in [-0.05, 0) is 0 Å². The number of thiol groups is 1. The van der Waals surface area contributed by atoms with Crippen LogP contribution in [0.15, 0.2) is 12.7 Å². The molecule has 0 saturated heterocycles. The fourth-order valence-corrected chi connectivity index (χ4v) is 1.45. The highest BCUT2D eigenvalue weighted by Gasteiger charge is 2.73. The Morgan fingerprint density at radius 1 is 1.10 bits per heavy atom. The van der Waals surface area contributed by atoms with Gasteiger partial charge in [0.2, 0.25) is 0 Å². The van der Waals surface area contributed by atoms with Gasteiger partial charge in [-0.25, -0.2) is 4.79 Å². The van der Waals surface area contributed by atoms with Crippen LogP contribution in [-0.4, -0.2) is 42.3 Å². The Labute approximate surface area is 120 Å². The van der Waals surface area contributed by atoms with Crippen LogP contribution in [0.25, 0.3) is 0 Å². The van der Waals surface area contributed by atoms with Gasteiger partial charge in [0.1, 0.15) is 6.61 Å². The van der Waals surface area contributed by atoms with Gasteiger partial charge >= 0.3 is 29.9 Å². The number of esters is 2. The van der Waals surface area contributed by atoms with E-state index in [1.54, 1.807) is 0 Å². The third-order valence-electron chi connectivity index (χ3n) is 2.14. The summed E-state index contributed by atoms with van der Waals surface area (Å²) in [5, 5.41) is 0. The van der Waals surface area contributed by atoms with Gasteiger partial charge in [0.25, 0.3) is 0 Å². The SMILES string of the molecule is C=CC(=O)OCCC(=O)OC(CS)(C(F)(F)F)C(F)(F)F. The second-order valence-corrected chi connectivity index (χ2v) is 3.89. The van der Waals surface area contributed by atoms with Gasteiger partial charge in [0, 0.05) is 11.8 Å². The van der Waals surface area contributed by atoms with Crippen LogP contribution in [0.1, 0.15) is 6.42 Å². The average molecular weight is 340 g/mol. The van der Waals surface area contributed by atoms with E-state index in [0.29, 0.717) is 6.08 Å². The molecule has 0 saturated carbocycles. The van der Waals surface area contributed by atoms with Gasteiger partial charge < -0.3 is 9.47 Å². The molecule has 0 aromatic carbocycles. The van der Waals surface area contributed by atoms with E-state index in [1.165, 1.54) is 0 Å². The molecule has 11 heteroatoms.